The maximum atomic E-state index is 10.9. The minimum absolute atomic E-state index is 0.200. The van der Waals surface area contributed by atoms with Gasteiger partial charge in [0, 0.05) is 0 Å². The predicted octanol–water partition coefficient (Wildman–Crippen LogP) is 3.65. The predicted molar refractivity (Wildman–Crippen MR) is 70.8 cm³/mol. The summed E-state index contributed by atoms with van der Waals surface area (Å²) >= 11 is 0. The maximum Gasteiger partial charge on any atom is 0.386 e. The van der Waals surface area contributed by atoms with E-state index in [1.54, 1.807) is 18.2 Å². The van der Waals surface area contributed by atoms with Gasteiger partial charge in [0.2, 0.25) is 0 Å². The summed E-state index contributed by atoms with van der Waals surface area (Å²) in [6.45, 7) is 3.70. The summed E-state index contributed by atoms with van der Waals surface area (Å²) in [4.78, 5) is 10.9. The monoisotopic (exact) mass is 237 g/mol. The zero-order chi connectivity index (χ0) is 13.0. The number of benzene rings is 2. The van der Waals surface area contributed by atoms with Gasteiger partial charge in [-0.3, -0.25) is 0 Å². The van der Waals surface area contributed by atoms with Crippen LogP contribution in [0.3, 0.4) is 0 Å². The van der Waals surface area contributed by atoms with Crippen LogP contribution in [0.4, 0.5) is 0 Å². The average Bonchev–Trinajstić information content (AvgIpc) is 2.40. The Morgan fingerprint density at radius 1 is 1.11 bits per heavy atom. The van der Waals surface area contributed by atoms with Gasteiger partial charge >= 0.3 is 5.97 Å². The lowest BCUT2D eigenvalue weighted by atomic mass is 9.95. The molecule has 0 spiro atoms. The van der Waals surface area contributed by atoms with Crippen LogP contribution in [0.25, 0.3) is 11.1 Å². The molecule has 89 valence electrons. The largest absolute Gasteiger partial charge is 0.386 e. The van der Waals surface area contributed by atoms with Gasteiger partial charge in [0.15, 0.2) is 0 Å². The van der Waals surface area contributed by atoms with Crippen molar-refractivity contribution in [2.75, 3.05) is 0 Å². The number of rotatable bonds is 4. The van der Waals surface area contributed by atoms with Crippen LogP contribution in [0.5, 0.6) is 0 Å². The van der Waals surface area contributed by atoms with Crippen molar-refractivity contribution in [3.8, 4) is 11.1 Å². The minimum atomic E-state index is -1.15. The van der Waals surface area contributed by atoms with Crippen molar-refractivity contribution < 1.29 is 9.90 Å². The van der Waals surface area contributed by atoms with Crippen molar-refractivity contribution in [1.29, 1.82) is 0 Å². The van der Waals surface area contributed by atoms with E-state index in [9.17, 15) is 9.90 Å². The van der Waals surface area contributed by atoms with Gasteiger partial charge < -0.3 is 0 Å². The van der Waals surface area contributed by atoms with E-state index in [1.165, 1.54) is 0 Å². The Kier molecular flexibility index (Phi) is 3.58. The highest BCUT2D eigenvalue weighted by Gasteiger charge is 2.10. The molecule has 0 heterocycles. The normalized spacial score (nSPS) is 10.0. The SMILES string of the molecule is C=CCc1cc(C([O])=O)ccc1-c1ccccc1. The van der Waals surface area contributed by atoms with Gasteiger partial charge in [0.25, 0.3) is 0 Å². The number of carbonyl (C=O) groups excluding carboxylic acids is 1. The van der Waals surface area contributed by atoms with E-state index >= 15 is 0 Å². The Bertz CT molecular complexity index is 571. The molecule has 2 rings (SSSR count). The van der Waals surface area contributed by atoms with E-state index in [0.717, 1.165) is 16.7 Å². The lowest BCUT2D eigenvalue weighted by molar-refractivity contribution is 0.0573. The third kappa shape index (κ3) is 2.48. The Morgan fingerprint density at radius 2 is 1.83 bits per heavy atom. The molecule has 0 aliphatic carbocycles. The molecule has 2 aromatic carbocycles. The standard InChI is InChI=1S/C16H13O2/c1-2-6-13-11-14(16(17)18)9-10-15(13)12-7-4-3-5-8-12/h2-5,7-11H,1,6H2. The first kappa shape index (κ1) is 12.1. The van der Waals surface area contributed by atoms with Crippen LogP contribution in [0, 0.1) is 0 Å². The molecule has 1 radical (unpaired) electrons. The molecule has 0 bridgehead atoms. The molecule has 0 atom stereocenters. The van der Waals surface area contributed by atoms with Gasteiger partial charge in [-0.1, -0.05) is 42.5 Å². The first-order chi connectivity index (χ1) is 8.72. The van der Waals surface area contributed by atoms with Crippen LogP contribution in [0.15, 0.2) is 61.2 Å². The molecule has 2 nitrogen and oxygen atoms in total. The van der Waals surface area contributed by atoms with Gasteiger partial charge in [-0.05, 0) is 35.2 Å². The second kappa shape index (κ2) is 5.32. The van der Waals surface area contributed by atoms with E-state index in [4.69, 9.17) is 0 Å². The molecule has 0 N–H and O–H groups in total. The second-order valence-corrected chi connectivity index (χ2v) is 4.02. The molecular formula is C16H13O2. The molecule has 18 heavy (non-hydrogen) atoms. The molecule has 0 saturated heterocycles. The summed E-state index contributed by atoms with van der Waals surface area (Å²) in [7, 11) is 0. The molecule has 0 fully saturated rings. The van der Waals surface area contributed by atoms with Crippen LogP contribution < -0.4 is 0 Å². The fourth-order valence-corrected chi connectivity index (χ4v) is 1.94. The summed E-state index contributed by atoms with van der Waals surface area (Å²) in [6, 6.07) is 14.9. The van der Waals surface area contributed by atoms with Crippen LogP contribution in [-0.2, 0) is 11.5 Å². The van der Waals surface area contributed by atoms with E-state index in [0.29, 0.717) is 6.42 Å². The first-order valence-electron chi connectivity index (χ1n) is 5.73. The highest BCUT2D eigenvalue weighted by Crippen LogP contribution is 2.25. The molecular weight excluding hydrogens is 224 g/mol. The molecule has 2 heteroatoms. The maximum absolute atomic E-state index is 10.9. The van der Waals surface area contributed by atoms with Gasteiger partial charge in [-0.25, -0.2) is 9.90 Å². The number of hydrogen-bond acceptors (Lipinski definition) is 1. The van der Waals surface area contributed by atoms with E-state index in [-0.39, 0.29) is 5.56 Å². The van der Waals surface area contributed by atoms with Crippen molar-refractivity contribution in [2.45, 2.75) is 6.42 Å². The van der Waals surface area contributed by atoms with Crippen LogP contribution >= 0.6 is 0 Å². The summed E-state index contributed by atoms with van der Waals surface area (Å²) in [5.41, 5.74) is 3.24. The molecule has 2 aromatic rings. The third-order valence-corrected chi connectivity index (χ3v) is 2.79. The molecule has 0 aromatic heterocycles. The van der Waals surface area contributed by atoms with E-state index < -0.39 is 5.97 Å². The second-order valence-electron chi connectivity index (χ2n) is 4.02. The molecule has 0 amide bonds. The zero-order valence-corrected chi connectivity index (χ0v) is 9.93. The van der Waals surface area contributed by atoms with E-state index in [2.05, 4.69) is 6.58 Å². The molecule has 0 unspecified atom stereocenters. The fraction of sp³-hybridized carbons (Fsp3) is 0.0625. The van der Waals surface area contributed by atoms with Crippen molar-refractivity contribution in [3.63, 3.8) is 0 Å². The topological polar surface area (TPSA) is 37.0 Å². The van der Waals surface area contributed by atoms with Crippen LogP contribution in [-0.4, -0.2) is 5.97 Å². The zero-order valence-electron chi connectivity index (χ0n) is 9.93. The van der Waals surface area contributed by atoms with Gasteiger partial charge in [0.1, 0.15) is 0 Å². The summed E-state index contributed by atoms with van der Waals surface area (Å²) < 4.78 is 0. The quantitative estimate of drug-likeness (QED) is 0.748. The van der Waals surface area contributed by atoms with Gasteiger partial charge in [-0.15, -0.1) is 6.58 Å². The van der Waals surface area contributed by atoms with Gasteiger partial charge in [0.05, 0.1) is 5.56 Å². The third-order valence-electron chi connectivity index (χ3n) is 2.79. The Balaban J connectivity index is 2.53. The lowest BCUT2D eigenvalue weighted by Gasteiger charge is -2.09. The Hall–Kier alpha value is -2.35. The van der Waals surface area contributed by atoms with Gasteiger partial charge in [-0.2, -0.15) is 0 Å². The average molecular weight is 237 g/mol. The smallest absolute Gasteiger partial charge is 0.242 e. The molecule has 0 aliphatic rings. The molecule has 0 saturated carbocycles. The first-order valence-corrected chi connectivity index (χ1v) is 5.73. The van der Waals surface area contributed by atoms with Crippen molar-refractivity contribution in [1.82, 2.24) is 0 Å². The van der Waals surface area contributed by atoms with E-state index in [1.807, 2.05) is 36.4 Å². The molecule has 0 aliphatic heterocycles. The Labute approximate surface area is 106 Å². The number of hydrogen-bond donors (Lipinski definition) is 0. The van der Waals surface area contributed by atoms with Crippen molar-refractivity contribution in [3.05, 3.63) is 72.3 Å². The summed E-state index contributed by atoms with van der Waals surface area (Å²) in [5.74, 6) is -1.15. The number of carbonyl (C=O) groups is 1. The minimum Gasteiger partial charge on any atom is -0.242 e. The lowest BCUT2D eigenvalue weighted by Crippen LogP contribution is -1.97. The Morgan fingerprint density at radius 3 is 2.44 bits per heavy atom. The van der Waals surface area contributed by atoms with Crippen LogP contribution in [0.1, 0.15) is 15.9 Å². The highest BCUT2D eigenvalue weighted by molar-refractivity contribution is 5.88. The fourth-order valence-electron chi connectivity index (χ4n) is 1.94. The summed E-state index contributed by atoms with van der Waals surface area (Å²) in [6.07, 6.45) is 2.40. The van der Waals surface area contributed by atoms with Crippen LogP contribution in [0.2, 0.25) is 0 Å². The highest BCUT2D eigenvalue weighted by atomic mass is 16.4. The van der Waals surface area contributed by atoms with Crippen molar-refractivity contribution in [2.24, 2.45) is 0 Å². The summed E-state index contributed by atoms with van der Waals surface area (Å²) in [5, 5.41) is 10.9. The number of allylic oxidation sites excluding steroid dienone is 1. The van der Waals surface area contributed by atoms with Crippen molar-refractivity contribution >= 4 is 5.97 Å².